The topological polar surface area (TPSA) is 290 Å². The van der Waals surface area contributed by atoms with Crippen LogP contribution < -0.4 is 48.5 Å². The van der Waals surface area contributed by atoms with Crippen LogP contribution in [0.3, 0.4) is 0 Å². The molecule has 2 amide bonds. The van der Waals surface area contributed by atoms with Crippen LogP contribution in [0, 0.1) is 0 Å². The lowest BCUT2D eigenvalue weighted by molar-refractivity contribution is -0.146. The largest absolute Gasteiger partial charge is 0.481 e. The van der Waals surface area contributed by atoms with E-state index in [1.165, 1.54) is 0 Å². The van der Waals surface area contributed by atoms with Gasteiger partial charge >= 0.3 is 48.0 Å². The molecule has 758 valence electrons. The highest BCUT2D eigenvalue weighted by Crippen LogP contribution is 2.49. The Labute approximate surface area is 830 Å². The lowest BCUT2D eigenvalue weighted by Crippen LogP contribution is -2.37. The predicted molar refractivity (Wildman–Crippen MR) is 544 cm³/mol. The zero-order chi connectivity index (χ0) is 103. The van der Waals surface area contributed by atoms with E-state index < -0.39 is 131 Å². The van der Waals surface area contributed by atoms with Gasteiger partial charge in [-0.15, -0.1) is 0 Å². The Balaban J connectivity index is 1.16. The van der Waals surface area contributed by atoms with Gasteiger partial charge in [0.2, 0.25) is 0 Å². The number of benzene rings is 8. The minimum atomic E-state index is -0.880. The molecular weight excluding hydrogens is 1770 g/mol. The summed E-state index contributed by atoms with van der Waals surface area (Å²) in [5.41, 5.74) is 13.7. The number of carbonyl (C=O) groups excluding carboxylic acids is 8. The molecule has 0 aliphatic heterocycles. The quantitative estimate of drug-likeness (QED) is 0.0250. The third kappa shape index (κ3) is 29.3. The molecule has 24 heteroatoms. The molecule has 2 aliphatic rings. The maximum atomic E-state index is 15.6. The fraction of sp³-hybridized carbons (Fsp3) is 0.517. The lowest BCUT2D eigenvalue weighted by atomic mass is 9.79. The van der Waals surface area contributed by atoms with Gasteiger partial charge in [-0.05, 0) is 196 Å². The number of hydrogen-bond donors (Lipinski definition) is 2. The van der Waals surface area contributed by atoms with E-state index in [2.05, 4.69) is 250 Å². The fourth-order valence-electron chi connectivity index (χ4n) is 17.2. The Hall–Kier alpha value is -12.1. The predicted octanol–water partition coefficient (Wildman–Crippen LogP) is 21.9. The summed E-state index contributed by atoms with van der Waals surface area (Å²) in [6, 6.07) is 33.1. The smallest absolute Gasteiger partial charge is 0.412 e. The Kier molecular flexibility index (Phi) is 35.9. The van der Waals surface area contributed by atoms with Gasteiger partial charge in [0.1, 0.15) is 46.0 Å². The van der Waals surface area contributed by atoms with E-state index in [1.807, 2.05) is 24.3 Å². The number of ether oxygens (including phenoxy) is 14. The first kappa shape index (κ1) is 110. The molecule has 0 saturated carbocycles. The Morgan fingerprint density at radius 2 is 0.314 bits per heavy atom. The molecule has 0 radical (unpaired) electrons. The van der Waals surface area contributed by atoms with Crippen LogP contribution in [0.15, 0.2) is 97.1 Å². The maximum absolute atomic E-state index is 15.6. The number of amides is 2. The highest BCUT2D eigenvalue weighted by Gasteiger charge is 2.36. The first-order chi connectivity index (χ1) is 65.4. The molecule has 140 heavy (non-hydrogen) atoms. The van der Waals surface area contributed by atoms with Gasteiger partial charge in [-0.1, -0.05) is 263 Å². The summed E-state index contributed by atoms with van der Waals surface area (Å²) in [6.07, 6.45) is -0.933. The zero-order valence-corrected chi connectivity index (χ0v) is 88.8. The Morgan fingerprint density at radius 1 is 0.200 bits per heavy atom. The third-order valence-corrected chi connectivity index (χ3v) is 24.8. The van der Waals surface area contributed by atoms with E-state index in [0.29, 0.717) is 124 Å². The summed E-state index contributed by atoms with van der Waals surface area (Å²) in [5.74, 6) is -0.792. The molecule has 0 unspecified atom stereocenters. The second-order valence-corrected chi connectivity index (χ2v) is 44.6. The average molecular weight is 1930 g/mol. The normalized spacial score (nSPS) is 13.0. The van der Waals surface area contributed by atoms with Crippen LogP contribution in [0.5, 0.6) is 46.0 Å². The van der Waals surface area contributed by atoms with Crippen molar-refractivity contribution in [3.05, 3.63) is 231 Å². The second-order valence-electron chi connectivity index (χ2n) is 44.6. The van der Waals surface area contributed by atoms with Crippen LogP contribution in [0.2, 0.25) is 0 Å². The lowest BCUT2D eigenvalue weighted by Gasteiger charge is -2.29. The van der Waals surface area contributed by atoms with Crippen LogP contribution in [0.25, 0.3) is 0 Å². The van der Waals surface area contributed by atoms with Gasteiger partial charge in [0.05, 0.1) is 39.6 Å². The summed E-state index contributed by atoms with van der Waals surface area (Å²) < 4.78 is 88.2. The monoisotopic (exact) mass is 1930 g/mol. The van der Waals surface area contributed by atoms with Crippen molar-refractivity contribution < 1.29 is 105 Å². The molecule has 2 aliphatic carbocycles. The number of nitrogens with one attached hydrogen (secondary N) is 2. The Bertz CT molecular complexity index is 5240. The first-order valence-corrected chi connectivity index (χ1v) is 49.3. The second kappa shape index (κ2) is 45.7. The van der Waals surface area contributed by atoms with Gasteiger partial charge in [-0.25, -0.2) is 38.4 Å². The van der Waals surface area contributed by atoms with Crippen molar-refractivity contribution in [1.82, 2.24) is 10.6 Å². The van der Waals surface area contributed by atoms with Crippen molar-refractivity contribution in [2.45, 2.75) is 302 Å². The molecule has 24 nitrogen and oxygen atoms in total. The molecule has 0 aromatic heterocycles. The van der Waals surface area contributed by atoms with Crippen LogP contribution >= 0.6 is 0 Å². The highest BCUT2D eigenvalue weighted by molar-refractivity contribution is 5.78. The van der Waals surface area contributed by atoms with Crippen molar-refractivity contribution in [1.29, 1.82) is 0 Å². The van der Waals surface area contributed by atoms with Crippen LogP contribution in [-0.2, 0) is 152 Å². The van der Waals surface area contributed by atoms with Crippen molar-refractivity contribution in [2.24, 2.45) is 0 Å². The van der Waals surface area contributed by atoms with Gasteiger partial charge in [0.15, 0.2) is 39.6 Å². The van der Waals surface area contributed by atoms with Gasteiger partial charge in [0.25, 0.3) is 0 Å². The van der Waals surface area contributed by atoms with Gasteiger partial charge in [-0.3, -0.25) is 0 Å². The first-order valence-electron chi connectivity index (χ1n) is 49.3. The van der Waals surface area contributed by atoms with E-state index in [1.54, 1.807) is 41.5 Å². The molecule has 0 fully saturated rings. The molecule has 10 rings (SSSR count). The van der Waals surface area contributed by atoms with E-state index in [-0.39, 0.29) is 116 Å². The molecule has 2 N–H and O–H groups in total. The average Bonchev–Trinajstić information content (AvgIpc) is 0.758. The third-order valence-electron chi connectivity index (χ3n) is 24.8. The number of carbonyl (C=O) groups is 8. The molecule has 0 atom stereocenters. The number of hydrogen-bond acceptors (Lipinski definition) is 22. The minimum absolute atomic E-state index is 0.0561. The molecular formula is C116H152N2O22. The maximum Gasteiger partial charge on any atom is 0.412 e. The van der Waals surface area contributed by atoms with Crippen LogP contribution in [0.1, 0.15) is 341 Å². The SMILES string of the molecule is CCOC(=O)COc1c2cc(C(C)(C)C)cc1Cc1cc(C(C)(C)C)cc(c1OCC(=O)OCC)Cc1cc(C(C)(C)C)cc(c1OC(=O)NCCNC(=O)Oc1c3cc(C(C)(C)C)cc1Cc1cc(C(C)(C)C)cc(c1OCC(=O)OCC)Cc1cc(C(C)(C)C)cc(c1OCC(=O)OCC)Cc1cc(C(C)(C)C)cc(c1OCC(=O)OCC)C3)Cc1cc(C(C)(C)C)cc(c1OCC(=O)OCC)C2. The summed E-state index contributed by atoms with van der Waals surface area (Å²) in [7, 11) is 0. The molecule has 8 aromatic rings. The fourth-order valence-corrected chi connectivity index (χ4v) is 17.2. The van der Waals surface area contributed by atoms with Gasteiger partial charge in [0, 0.05) is 86.7 Å². The number of rotatable bonds is 29. The molecule has 0 spiro atoms. The molecule has 0 heterocycles. The van der Waals surface area contributed by atoms with Crippen molar-refractivity contribution in [3.8, 4) is 46.0 Å². The van der Waals surface area contributed by atoms with Crippen molar-refractivity contribution >= 4 is 48.0 Å². The standard InChI is InChI=1S/C116H152N2O22/c1-31-127-93(119)63-133-99-69-39-73-51-87(111(13,14)15)55-77(101(73)135-65-95(121)129-33-3)43-81-59-91(115(25,26)27)60-82(44-78-56-88(112(16,17)18)52-74(102(78)136-66-96(122)130-34-4)40-70(99)48-85(47-69)109(7,8)9)105(81)139-107(125)117-37-38-118-108(126)140-106-83-45-79-57-89(113(19,20)21)53-75(103(79)137-67-97(123)131-35-5)41-71-49-86(110(10,11)12)50-72(100(71)134-64-94(120)128-32-2)42-76-54-90(114(22,23)24)58-80(104(76)138-68-98(124)132-36-6)46-84(106)62-92(61-83)116(28,29)30/h47-62H,31-46,63-68H2,1-30H3,(H,117,125)(H,118,126). The highest BCUT2D eigenvalue weighted by atomic mass is 16.6. The van der Waals surface area contributed by atoms with Crippen LogP contribution in [0.4, 0.5) is 9.59 Å². The van der Waals surface area contributed by atoms with Crippen molar-refractivity contribution in [2.75, 3.05) is 92.4 Å². The number of esters is 6. The van der Waals surface area contributed by atoms with E-state index in [9.17, 15) is 28.8 Å². The van der Waals surface area contributed by atoms with E-state index >= 15 is 9.59 Å². The summed E-state index contributed by atoms with van der Waals surface area (Å²) in [5, 5.41) is 5.96. The Morgan fingerprint density at radius 3 is 0.421 bits per heavy atom. The van der Waals surface area contributed by atoms with Crippen LogP contribution in [-0.4, -0.2) is 140 Å². The number of fused-ring (bicyclic) bond motifs is 16. The summed E-state index contributed by atoms with van der Waals surface area (Å²) in [4.78, 5) is 114. The molecule has 8 aromatic carbocycles. The molecule has 0 saturated heterocycles. The van der Waals surface area contributed by atoms with Crippen molar-refractivity contribution in [3.63, 3.8) is 0 Å². The van der Waals surface area contributed by atoms with E-state index in [4.69, 9.17) is 66.3 Å². The van der Waals surface area contributed by atoms with E-state index in [0.717, 1.165) is 44.5 Å². The summed E-state index contributed by atoms with van der Waals surface area (Å²) >= 11 is 0. The van der Waals surface area contributed by atoms with Gasteiger partial charge in [-0.2, -0.15) is 0 Å². The zero-order valence-electron chi connectivity index (χ0n) is 88.8. The summed E-state index contributed by atoms with van der Waals surface area (Å²) in [6.45, 7) is 58.8. The minimum Gasteiger partial charge on any atom is -0.481 e. The molecule has 16 bridgehead atoms. The van der Waals surface area contributed by atoms with Gasteiger partial charge < -0.3 is 76.9 Å².